The van der Waals surface area contributed by atoms with Crippen molar-refractivity contribution in [2.45, 2.75) is 24.5 Å². The molecule has 4 nitrogen and oxygen atoms in total. The molecule has 0 saturated carbocycles. The van der Waals surface area contributed by atoms with Gasteiger partial charge < -0.3 is 15.5 Å². The molecule has 0 amide bonds. The SMILES string of the molecule is Cl.NC1Cc2ccccc2CC1P(=O)(O)O. The van der Waals surface area contributed by atoms with Gasteiger partial charge in [-0.25, -0.2) is 0 Å². The van der Waals surface area contributed by atoms with E-state index in [2.05, 4.69) is 0 Å². The van der Waals surface area contributed by atoms with Crippen molar-refractivity contribution in [1.29, 1.82) is 0 Å². The van der Waals surface area contributed by atoms with Gasteiger partial charge in [0.1, 0.15) is 0 Å². The Balaban J connectivity index is 0.00000128. The first-order chi connectivity index (χ1) is 6.98. The Hall–Kier alpha value is -0.380. The Labute approximate surface area is 100 Å². The molecule has 6 heteroatoms. The highest BCUT2D eigenvalue weighted by molar-refractivity contribution is 7.52. The molecule has 0 aliphatic heterocycles. The summed E-state index contributed by atoms with van der Waals surface area (Å²) < 4.78 is 11.2. The molecule has 90 valence electrons. The zero-order valence-electron chi connectivity index (χ0n) is 8.61. The van der Waals surface area contributed by atoms with Crippen LogP contribution in [0.2, 0.25) is 0 Å². The molecule has 16 heavy (non-hydrogen) atoms. The predicted molar refractivity (Wildman–Crippen MR) is 64.9 cm³/mol. The average molecular weight is 264 g/mol. The number of halogens is 1. The van der Waals surface area contributed by atoms with Crippen molar-refractivity contribution in [2.24, 2.45) is 5.73 Å². The largest absolute Gasteiger partial charge is 0.330 e. The Morgan fingerprint density at radius 2 is 1.69 bits per heavy atom. The first-order valence-electron chi connectivity index (χ1n) is 4.86. The van der Waals surface area contributed by atoms with Gasteiger partial charge in [0.05, 0.1) is 5.66 Å². The molecule has 2 rings (SSSR count). The lowest BCUT2D eigenvalue weighted by Gasteiger charge is -2.30. The molecule has 0 bridgehead atoms. The maximum absolute atomic E-state index is 11.2. The zero-order chi connectivity index (χ0) is 11.1. The summed E-state index contributed by atoms with van der Waals surface area (Å²) in [6, 6.07) is 7.23. The minimum absolute atomic E-state index is 0. The first kappa shape index (κ1) is 13.7. The van der Waals surface area contributed by atoms with Crippen LogP contribution in [-0.2, 0) is 17.4 Å². The van der Waals surface area contributed by atoms with Crippen LogP contribution in [0.25, 0.3) is 0 Å². The fourth-order valence-electron chi connectivity index (χ4n) is 2.09. The van der Waals surface area contributed by atoms with Crippen LogP contribution in [0.5, 0.6) is 0 Å². The lowest BCUT2D eigenvalue weighted by molar-refractivity contribution is 0.343. The van der Waals surface area contributed by atoms with E-state index in [-0.39, 0.29) is 12.4 Å². The fraction of sp³-hybridized carbons (Fsp3) is 0.400. The topological polar surface area (TPSA) is 83.6 Å². The molecule has 0 fully saturated rings. The molecule has 1 aliphatic carbocycles. The molecule has 0 spiro atoms. The van der Waals surface area contributed by atoms with Gasteiger partial charge in [-0.1, -0.05) is 24.3 Å². The first-order valence-corrected chi connectivity index (χ1v) is 6.54. The molecular formula is C10H15ClNO3P. The molecule has 0 aromatic heterocycles. The molecule has 1 aliphatic rings. The normalized spacial score (nSPS) is 24.4. The van der Waals surface area contributed by atoms with E-state index in [9.17, 15) is 4.57 Å². The number of benzene rings is 1. The standard InChI is InChI=1S/C10H14NO3P.ClH/c11-9-5-7-3-1-2-4-8(7)6-10(9)15(12,13)14;/h1-4,9-10H,5-6,11H2,(H2,12,13,14);1H. The molecule has 1 aromatic carbocycles. The lowest BCUT2D eigenvalue weighted by Crippen LogP contribution is -2.41. The van der Waals surface area contributed by atoms with E-state index in [0.717, 1.165) is 11.1 Å². The summed E-state index contributed by atoms with van der Waals surface area (Å²) in [5, 5.41) is 0. The maximum Gasteiger partial charge on any atom is 0.330 e. The molecule has 0 heterocycles. The van der Waals surface area contributed by atoms with Gasteiger partial charge in [-0.3, -0.25) is 4.57 Å². The van der Waals surface area contributed by atoms with Gasteiger partial charge in [-0.15, -0.1) is 12.4 Å². The predicted octanol–water partition coefficient (Wildman–Crippen LogP) is 1.08. The van der Waals surface area contributed by atoms with E-state index in [1.165, 1.54) is 0 Å². The van der Waals surface area contributed by atoms with E-state index in [1.807, 2.05) is 24.3 Å². The van der Waals surface area contributed by atoms with Crippen molar-refractivity contribution in [3.05, 3.63) is 35.4 Å². The Morgan fingerprint density at radius 1 is 1.19 bits per heavy atom. The molecule has 2 unspecified atom stereocenters. The number of rotatable bonds is 1. The van der Waals surface area contributed by atoms with Crippen LogP contribution in [0.1, 0.15) is 11.1 Å². The van der Waals surface area contributed by atoms with Gasteiger partial charge in [0.25, 0.3) is 0 Å². The van der Waals surface area contributed by atoms with Crippen LogP contribution in [0.4, 0.5) is 0 Å². The second-order valence-corrected chi connectivity index (χ2v) is 5.84. The van der Waals surface area contributed by atoms with Crippen molar-refractivity contribution in [2.75, 3.05) is 0 Å². The minimum Gasteiger partial charge on any atom is -0.327 e. The van der Waals surface area contributed by atoms with Crippen LogP contribution in [-0.4, -0.2) is 21.5 Å². The van der Waals surface area contributed by atoms with E-state index < -0.39 is 19.3 Å². The smallest absolute Gasteiger partial charge is 0.327 e. The third-order valence-electron chi connectivity index (χ3n) is 2.93. The summed E-state index contributed by atoms with van der Waals surface area (Å²) in [5.41, 5.74) is 7.17. The summed E-state index contributed by atoms with van der Waals surface area (Å²) in [7, 11) is -4.08. The van der Waals surface area contributed by atoms with E-state index >= 15 is 0 Å². The third kappa shape index (κ3) is 2.65. The average Bonchev–Trinajstić information content (AvgIpc) is 2.15. The second-order valence-electron chi connectivity index (χ2n) is 4.00. The van der Waals surface area contributed by atoms with Crippen LogP contribution in [0.15, 0.2) is 24.3 Å². The van der Waals surface area contributed by atoms with Crippen LogP contribution >= 0.6 is 20.0 Å². The van der Waals surface area contributed by atoms with Crippen LogP contribution in [0.3, 0.4) is 0 Å². The fourth-order valence-corrected chi connectivity index (χ4v) is 3.13. The molecule has 0 saturated heterocycles. The summed E-state index contributed by atoms with van der Waals surface area (Å²) in [4.78, 5) is 18.3. The highest BCUT2D eigenvalue weighted by atomic mass is 35.5. The molecule has 1 aromatic rings. The van der Waals surface area contributed by atoms with Crippen molar-refractivity contribution in [3.63, 3.8) is 0 Å². The Bertz CT molecular complexity index is 420. The van der Waals surface area contributed by atoms with E-state index in [4.69, 9.17) is 15.5 Å². The Kier molecular flexibility index (Phi) is 4.16. The van der Waals surface area contributed by atoms with Crippen molar-refractivity contribution >= 4 is 20.0 Å². The highest BCUT2D eigenvalue weighted by Crippen LogP contribution is 2.46. The van der Waals surface area contributed by atoms with Gasteiger partial charge in [0.15, 0.2) is 0 Å². The monoisotopic (exact) mass is 263 g/mol. The van der Waals surface area contributed by atoms with Crippen LogP contribution in [0, 0.1) is 0 Å². The van der Waals surface area contributed by atoms with Crippen LogP contribution < -0.4 is 5.73 Å². The minimum atomic E-state index is -4.08. The number of fused-ring (bicyclic) bond motifs is 1. The van der Waals surface area contributed by atoms with Gasteiger partial charge in [-0.2, -0.15) is 0 Å². The summed E-state index contributed by atoms with van der Waals surface area (Å²) in [5.74, 6) is 0. The summed E-state index contributed by atoms with van der Waals surface area (Å²) >= 11 is 0. The zero-order valence-corrected chi connectivity index (χ0v) is 10.3. The summed E-state index contributed by atoms with van der Waals surface area (Å²) in [6.45, 7) is 0. The van der Waals surface area contributed by atoms with Gasteiger partial charge in [0.2, 0.25) is 0 Å². The van der Waals surface area contributed by atoms with E-state index in [1.54, 1.807) is 0 Å². The third-order valence-corrected chi connectivity index (χ3v) is 4.36. The summed E-state index contributed by atoms with van der Waals surface area (Å²) in [6.07, 6.45) is 0.924. The van der Waals surface area contributed by atoms with E-state index in [0.29, 0.717) is 12.8 Å². The van der Waals surface area contributed by atoms with Gasteiger partial charge >= 0.3 is 7.60 Å². The maximum atomic E-state index is 11.2. The van der Waals surface area contributed by atoms with Crippen molar-refractivity contribution in [1.82, 2.24) is 0 Å². The lowest BCUT2D eigenvalue weighted by atomic mass is 9.88. The molecular weight excluding hydrogens is 249 g/mol. The number of hydrogen-bond acceptors (Lipinski definition) is 2. The van der Waals surface area contributed by atoms with Gasteiger partial charge in [-0.05, 0) is 24.0 Å². The number of nitrogens with two attached hydrogens (primary N) is 1. The van der Waals surface area contributed by atoms with Crippen molar-refractivity contribution in [3.8, 4) is 0 Å². The van der Waals surface area contributed by atoms with Crippen molar-refractivity contribution < 1.29 is 14.4 Å². The molecule has 4 N–H and O–H groups in total. The molecule has 0 radical (unpaired) electrons. The Morgan fingerprint density at radius 3 is 2.19 bits per heavy atom. The van der Waals surface area contributed by atoms with Gasteiger partial charge in [0, 0.05) is 6.04 Å². The highest BCUT2D eigenvalue weighted by Gasteiger charge is 2.37. The number of hydrogen-bond donors (Lipinski definition) is 3. The molecule has 2 atom stereocenters. The second kappa shape index (κ2) is 4.86. The quantitative estimate of drug-likeness (QED) is 0.662.